The van der Waals surface area contributed by atoms with Gasteiger partial charge in [-0.3, -0.25) is 0 Å². The van der Waals surface area contributed by atoms with Crippen molar-refractivity contribution in [1.29, 1.82) is 0 Å². The summed E-state index contributed by atoms with van der Waals surface area (Å²) < 4.78 is 58.6. The van der Waals surface area contributed by atoms with Crippen LogP contribution in [0.15, 0.2) is 91.6 Å². The Morgan fingerprint density at radius 2 is 1.51 bits per heavy atom. The Hall–Kier alpha value is -4.51. The maximum atomic E-state index is 14.0. The molecule has 0 aliphatic carbocycles. The van der Waals surface area contributed by atoms with E-state index in [1.54, 1.807) is 36.4 Å². The lowest BCUT2D eigenvalue weighted by Gasteiger charge is -2.15. The largest absolute Gasteiger partial charge is 0.459 e. The molecular formula is C26H15F3N4O3S. The van der Waals surface area contributed by atoms with Gasteiger partial charge in [-0.15, -0.1) is 31.7 Å². The molecule has 184 valence electrons. The molecular weight excluding hydrogens is 505 g/mol. The SMILES string of the molecule is FC(F)(F)c1ccc(-c2nnc(-c3ccco3)o2)cc1Cc1ccccc1-c1nnc(-c2cccs2)o1. The number of rotatable bonds is 6. The lowest BCUT2D eigenvalue weighted by atomic mass is 9.94. The number of benzene rings is 2. The van der Waals surface area contributed by atoms with E-state index in [-0.39, 0.29) is 29.7 Å². The highest BCUT2D eigenvalue weighted by molar-refractivity contribution is 7.13. The van der Waals surface area contributed by atoms with Crippen LogP contribution in [0.3, 0.4) is 0 Å². The molecule has 0 fully saturated rings. The molecule has 0 amide bonds. The Morgan fingerprint density at radius 3 is 2.30 bits per heavy atom. The van der Waals surface area contributed by atoms with Crippen LogP contribution >= 0.6 is 11.3 Å². The third-order valence-corrected chi connectivity index (χ3v) is 6.46. The lowest BCUT2D eigenvalue weighted by Crippen LogP contribution is -2.10. The van der Waals surface area contributed by atoms with Crippen molar-refractivity contribution in [3.8, 4) is 45.3 Å². The maximum Gasteiger partial charge on any atom is 0.416 e. The summed E-state index contributed by atoms with van der Waals surface area (Å²) in [4.78, 5) is 0.803. The molecule has 4 heterocycles. The normalized spacial score (nSPS) is 11.8. The average molecular weight is 520 g/mol. The molecule has 0 bridgehead atoms. The number of thiophene rings is 1. The predicted molar refractivity (Wildman–Crippen MR) is 128 cm³/mol. The monoisotopic (exact) mass is 520 g/mol. The second-order valence-electron chi connectivity index (χ2n) is 7.98. The van der Waals surface area contributed by atoms with Gasteiger partial charge in [0, 0.05) is 11.1 Å². The molecule has 0 radical (unpaired) electrons. The molecule has 37 heavy (non-hydrogen) atoms. The summed E-state index contributed by atoms with van der Waals surface area (Å²) >= 11 is 1.45. The first-order valence-corrected chi connectivity index (χ1v) is 11.9. The minimum absolute atomic E-state index is 0.0354. The number of furan rings is 1. The van der Waals surface area contributed by atoms with Crippen molar-refractivity contribution in [1.82, 2.24) is 20.4 Å². The molecule has 0 unspecified atom stereocenters. The number of hydrogen-bond donors (Lipinski definition) is 0. The van der Waals surface area contributed by atoms with Gasteiger partial charge in [0.05, 0.1) is 16.7 Å². The molecule has 4 aromatic heterocycles. The van der Waals surface area contributed by atoms with E-state index in [1.807, 2.05) is 17.5 Å². The zero-order valence-electron chi connectivity index (χ0n) is 18.8. The standard InChI is InChI=1S/C26H15F3N4O3S/c27-26(28,29)19-10-9-16(22-30-32-24(35-22)20-7-3-11-34-20)14-17(19)13-15-5-1-2-6-18(15)23-31-33-25(36-23)21-8-4-12-37-21/h1-12,14H,13H2. The number of hydrogen-bond acceptors (Lipinski definition) is 8. The van der Waals surface area contributed by atoms with Gasteiger partial charge in [0.1, 0.15) is 0 Å². The van der Waals surface area contributed by atoms with Gasteiger partial charge >= 0.3 is 6.18 Å². The predicted octanol–water partition coefficient (Wildman–Crippen LogP) is 7.38. The van der Waals surface area contributed by atoms with Crippen molar-refractivity contribution in [2.45, 2.75) is 12.6 Å². The van der Waals surface area contributed by atoms with E-state index < -0.39 is 11.7 Å². The summed E-state index contributed by atoms with van der Waals surface area (Å²) in [5.41, 5.74) is 0.765. The quantitative estimate of drug-likeness (QED) is 0.226. The lowest BCUT2D eigenvalue weighted by molar-refractivity contribution is -0.138. The molecule has 6 aromatic rings. The second kappa shape index (κ2) is 9.17. The number of nitrogens with zero attached hydrogens (tertiary/aromatic N) is 4. The Balaban J connectivity index is 1.38. The third kappa shape index (κ3) is 4.56. The van der Waals surface area contributed by atoms with E-state index in [2.05, 4.69) is 20.4 Å². The van der Waals surface area contributed by atoms with E-state index in [1.165, 1.54) is 29.7 Å². The molecule has 6 rings (SSSR count). The molecule has 11 heteroatoms. The van der Waals surface area contributed by atoms with Crippen molar-refractivity contribution in [2.24, 2.45) is 0 Å². The fourth-order valence-corrected chi connectivity index (χ4v) is 4.55. The summed E-state index contributed by atoms with van der Waals surface area (Å²) in [5.74, 6) is 1.14. The van der Waals surface area contributed by atoms with Crippen molar-refractivity contribution < 1.29 is 26.4 Å². The first-order valence-electron chi connectivity index (χ1n) is 11.0. The van der Waals surface area contributed by atoms with Gasteiger partial charge in [-0.1, -0.05) is 24.3 Å². The van der Waals surface area contributed by atoms with Crippen LogP contribution in [0, 0.1) is 0 Å². The topological polar surface area (TPSA) is 91.0 Å². The molecule has 2 aromatic carbocycles. The Morgan fingerprint density at radius 1 is 0.730 bits per heavy atom. The molecule has 0 atom stereocenters. The highest BCUT2D eigenvalue weighted by Gasteiger charge is 2.34. The minimum Gasteiger partial charge on any atom is -0.459 e. The fourth-order valence-electron chi connectivity index (χ4n) is 3.91. The maximum absolute atomic E-state index is 14.0. The molecule has 7 nitrogen and oxygen atoms in total. The third-order valence-electron chi connectivity index (χ3n) is 5.60. The molecule has 0 saturated carbocycles. The highest BCUT2D eigenvalue weighted by Crippen LogP contribution is 2.37. The number of alkyl halides is 3. The zero-order chi connectivity index (χ0) is 25.4. The Bertz CT molecular complexity index is 1650. The molecule has 0 aliphatic heterocycles. The first kappa shape index (κ1) is 22.9. The van der Waals surface area contributed by atoms with E-state index in [4.69, 9.17) is 13.3 Å². The van der Waals surface area contributed by atoms with Crippen LogP contribution in [0.25, 0.3) is 45.3 Å². The number of aromatic nitrogens is 4. The number of halogens is 3. The summed E-state index contributed by atoms with van der Waals surface area (Å²) in [6.45, 7) is 0. The van der Waals surface area contributed by atoms with Crippen LogP contribution in [0.2, 0.25) is 0 Å². The zero-order valence-corrected chi connectivity index (χ0v) is 19.6. The van der Waals surface area contributed by atoms with Gasteiger partial charge in [0.2, 0.25) is 11.8 Å². The van der Waals surface area contributed by atoms with E-state index >= 15 is 0 Å². The fraction of sp³-hybridized carbons (Fsp3) is 0.0769. The summed E-state index contributed by atoms with van der Waals surface area (Å²) in [6.07, 6.45) is -3.15. The molecule has 0 saturated heterocycles. The Kier molecular flexibility index (Phi) is 5.68. The Labute approximate surface area is 211 Å². The molecule has 0 aliphatic rings. The highest BCUT2D eigenvalue weighted by atomic mass is 32.1. The van der Waals surface area contributed by atoms with Gasteiger partial charge in [-0.25, -0.2) is 0 Å². The van der Waals surface area contributed by atoms with Crippen molar-refractivity contribution in [3.63, 3.8) is 0 Å². The van der Waals surface area contributed by atoms with Gasteiger partial charge in [0.15, 0.2) is 5.76 Å². The molecule has 0 N–H and O–H groups in total. The second-order valence-corrected chi connectivity index (χ2v) is 8.93. The van der Waals surface area contributed by atoms with E-state index in [0.717, 1.165) is 10.9 Å². The van der Waals surface area contributed by atoms with Crippen molar-refractivity contribution >= 4 is 11.3 Å². The van der Waals surface area contributed by atoms with Crippen LogP contribution in [0.4, 0.5) is 13.2 Å². The van der Waals surface area contributed by atoms with Crippen LogP contribution < -0.4 is 0 Å². The minimum atomic E-state index is -4.56. The first-order chi connectivity index (χ1) is 18.0. The summed E-state index contributed by atoms with van der Waals surface area (Å²) in [6, 6.07) is 17.8. The van der Waals surface area contributed by atoms with Crippen LogP contribution in [0.5, 0.6) is 0 Å². The van der Waals surface area contributed by atoms with Crippen molar-refractivity contribution in [2.75, 3.05) is 0 Å². The van der Waals surface area contributed by atoms with Crippen LogP contribution in [0.1, 0.15) is 16.7 Å². The summed E-state index contributed by atoms with van der Waals surface area (Å²) in [5, 5.41) is 18.0. The van der Waals surface area contributed by atoms with Gasteiger partial charge in [-0.05, 0) is 65.4 Å². The average Bonchev–Trinajstić information content (AvgIpc) is 3.70. The van der Waals surface area contributed by atoms with Crippen LogP contribution in [-0.4, -0.2) is 20.4 Å². The van der Waals surface area contributed by atoms with Gasteiger partial charge < -0.3 is 13.3 Å². The van der Waals surface area contributed by atoms with Crippen molar-refractivity contribution in [3.05, 3.63) is 95.1 Å². The van der Waals surface area contributed by atoms with E-state index in [0.29, 0.717) is 28.3 Å². The molecule has 0 spiro atoms. The van der Waals surface area contributed by atoms with Crippen LogP contribution in [-0.2, 0) is 12.6 Å². The van der Waals surface area contributed by atoms with E-state index in [9.17, 15) is 13.2 Å². The van der Waals surface area contributed by atoms with Gasteiger partial charge in [-0.2, -0.15) is 13.2 Å². The van der Waals surface area contributed by atoms with Gasteiger partial charge in [0.25, 0.3) is 11.8 Å². The summed E-state index contributed by atoms with van der Waals surface area (Å²) in [7, 11) is 0. The smallest absolute Gasteiger partial charge is 0.416 e.